The quantitative estimate of drug-likeness (QED) is 0.553. The van der Waals surface area contributed by atoms with Gasteiger partial charge in [0.25, 0.3) is 0 Å². The van der Waals surface area contributed by atoms with E-state index >= 15 is 0 Å². The first-order chi connectivity index (χ1) is 15.1. The Hall–Kier alpha value is -2.64. The van der Waals surface area contributed by atoms with Crippen LogP contribution in [0.2, 0.25) is 0 Å². The third-order valence-electron chi connectivity index (χ3n) is 5.93. The molecule has 0 spiro atoms. The van der Waals surface area contributed by atoms with Crippen molar-refractivity contribution in [3.05, 3.63) is 77.4 Å². The highest BCUT2D eigenvalue weighted by Crippen LogP contribution is 2.29. The number of piperazine rings is 1. The van der Waals surface area contributed by atoms with Gasteiger partial charge in [-0.25, -0.2) is 9.07 Å². The van der Waals surface area contributed by atoms with Crippen molar-refractivity contribution >= 4 is 0 Å². The maximum Gasteiger partial charge on any atom is 0.173 e. The molecule has 0 saturated carbocycles. The van der Waals surface area contributed by atoms with E-state index in [0.717, 1.165) is 57.1 Å². The summed E-state index contributed by atoms with van der Waals surface area (Å²) in [6.07, 6.45) is 1.01. The molecule has 4 rings (SSSR count). The average Bonchev–Trinajstić information content (AvgIpc) is 3.24. The lowest BCUT2D eigenvalue weighted by atomic mass is 10.0. The highest BCUT2D eigenvalue weighted by molar-refractivity contribution is 5.25. The molecule has 1 aliphatic heterocycles. The van der Waals surface area contributed by atoms with Gasteiger partial charge in [0.05, 0.1) is 6.04 Å². The highest BCUT2D eigenvalue weighted by atomic mass is 19.1. The molecule has 1 aliphatic rings. The van der Waals surface area contributed by atoms with Crippen molar-refractivity contribution in [3.63, 3.8) is 0 Å². The summed E-state index contributed by atoms with van der Waals surface area (Å²) < 4.78 is 15.5. The molecule has 2 heterocycles. The molecule has 0 radical (unpaired) electrons. The monoisotopic (exact) mass is 422 g/mol. The summed E-state index contributed by atoms with van der Waals surface area (Å²) in [4.78, 5) is 4.90. The minimum Gasteiger partial charge on any atom is -0.297 e. The Morgan fingerprint density at radius 2 is 1.65 bits per heavy atom. The lowest BCUT2D eigenvalue weighted by molar-refractivity contribution is 0.0999. The van der Waals surface area contributed by atoms with Crippen LogP contribution in [0.25, 0.3) is 0 Å². The fourth-order valence-electron chi connectivity index (χ4n) is 4.14. The van der Waals surface area contributed by atoms with E-state index in [-0.39, 0.29) is 11.9 Å². The van der Waals surface area contributed by atoms with E-state index in [2.05, 4.69) is 69.5 Å². The predicted octanol–water partition coefficient (Wildman–Crippen LogP) is 3.77. The van der Waals surface area contributed by atoms with Crippen LogP contribution in [0.5, 0.6) is 0 Å². The van der Waals surface area contributed by atoms with Crippen molar-refractivity contribution in [2.24, 2.45) is 5.92 Å². The zero-order valence-electron chi connectivity index (χ0n) is 18.4. The maximum atomic E-state index is 13.6. The lowest BCUT2D eigenvalue weighted by Gasteiger charge is -2.39. The molecule has 1 saturated heterocycles. The van der Waals surface area contributed by atoms with E-state index in [4.69, 9.17) is 0 Å². The largest absolute Gasteiger partial charge is 0.297 e. The molecular formula is C24H31FN6. The molecule has 0 amide bonds. The summed E-state index contributed by atoms with van der Waals surface area (Å²) in [7, 11) is 0. The van der Waals surface area contributed by atoms with Crippen LogP contribution in [0, 0.1) is 11.7 Å². The third kappa shape index (κ3) is 5.54. The van der Waals surface area contributed by atoms with Gasteiger partial charge in [0.2, 0.25) is 0 Å². The number of benzene rings is 2. The molecule has 3 aromatic rings. The van der Waals surface area contributed by atoms with Crippen LogP contribution >= 0.6 is 0 Å². The molecule has 1 fully saturated rings. The predicted molar refractivity (Wildman–Crippen MR) is 119 cm³/mol. The fraction of sp³-hybridized carbons (Fsp3) is 0.458. The van der Waals surface area contributed by atoms with Crippen molar-refractivity contribution in [2.75, 3.05) is 26.2 Å². The van der Waals surface area contributed by atoms with E-state index in [1.165, 1.54) is 17.7 Å². The minimum atomic E-state index is -0.227. The molecule has 0 unspecified atom stereocenters. The Kier molecular flexibility index (Phi) is 7.04. The van der Waals surface area contributed by atoms with E-state index < -0.39 is 0 Å². The molecule has 7 heteroatoms. The van der Waals surface area contributed by atoms with Gasteiger partial charge in [-0.3, -0.25) is 9.80 Å². The van der Waals surface area contributed by atoms with Gasteiger partial charge in [-0.05, 0) is 46.0 Å². The van der Waals surface area contributed by atoms with Crippen LogP contribution in [0.15, 0.2) is 54.6 Å². The van der Waals surface area contributed by atoms with Gasteiger partial charge in [0, 0.05) is 39.3 Å². The molecule has 1 atom stereocenters. The van der Waals surface area contributed by atoms with Gasteiger partial charge in [-0.15, -0.1) is 5.10 Å². The van der Waals surface area contributed by atoms with Crippen LogP contribution in [0.4, 0.5) is 4.39 Å². The van der Waals surface area contributed by atoms with E-state index in [1.807, 2.05) is 16.8 Å². The van der Waals surface area contributed by atoms with Crippen LogP contribution in [0.1, 0.15) is 43.3 Å². The van der Waals surface area contributed by atoms with Crippen LogP contribution in [-0.4, -0.2) is 56.2 Å². The summed E-state index contributed by atoms with van der Waals surface area (Å²) in [6.45, 7) is 9.91. The van der Waals surface area contributed by atoms with Crippen molar-refractivity contribution in [2.45, 2.75) is 39.4 Å². The second-order valence-electron chi connectivity index (χ2n) is 8.69. The maximum absolute atomic E-state index is 13.6. The normalized spacial score (nSPS) is 16.6. The first kappa shape index (κ1) is 21.6. The Bertz CT molecular complexity index is 932. The van der Waals surface area contributed by atoms with Gasteiger partial charge < -0.3 is 0 Å². The summed E-state index contributed by atoms with van der Waals surface area (Å²) in [5.74, 6) is 1.18. The average molecular weight is 423 g/mol. The molecule has 6 nitrogen and oxygen atoms in total. The zero-order chi connectivity index (χ0) is 21.6. The second-order valence-corrected chi connectivity index (χ2v) is 8.69. The number of aromatic nitrogens is 4. The SMILES string of the molecule is CC(C)CCn1nnnc1[C@H](c1ccc(F)cc1)N1CCN(Cc2ccccc2)CC1. The van der Waals surface area contributed by atoms with Crippen molar-refractivity contribution in [1.82, 2.24) is 30.0 Å². The number of rotatable bonds is 8. The fourth-order valence-corrected chi connectivity index (χ4v) is 4.14. The number of tetrazole rings is 1. The van der Waals surface area contributed by atoms with Crippen LogP contribution in [0.3, 0.4) is 0 Å². The summed E-state index contributed by atoms with van der Waals surface area (Å²) in [5, 5.41) is 12.7. The molecule has 2 aromatic carbocycles. The Labute approximate surface area is 183 Å². The molecule has 0 aliphatic carbocycles. The van der Waals surface area contributed by atoms with Gasteiger partial charge >= 0.3 is 0 Å². The molecule has 0 bridgehead atoms. The Morgan fingerprint density at radius 3 is 2.32 bits per heavy atom. The number of nitrogens with zero attached hydrogens (tertiary/aromatic N) is 6. The van der Waals surface area contributed by atoms with Crippen molar-refractivity contribution < 1.29 is 4.39 Å². The smallest absolute Gasteiger partial charge is 0.173 e. The van der Waals surface area contributed by atoms with Gasteiger partial charge in [0.15, 0.2) is 5.82 Å². The van der Waals surface area contributed by atoms with Crippen molar-refractivity contribution in [1.29, 1.82) is 0 Å². The summed E-state index contributed by atoms with van der Waals surface area (Å²) >= 11 is 0. The van der Waals surface area contributed by atoms with Crippen LogP contribution < -0.4 is 0 Å². The zero-order valence-corrected chi connectivity index (χ0v) is 18.4. The third-order valence-corrected chi connectivity index (χ3v) is 5.93. The number of aryl methyl sites for hydroxylation is 1. The number of halogens is 1. The van der Waals surface area contributed by atoms with Gasteiger partial charge in [-0.1, -0.05) is 56.3 Å². The second kappa shape index (κ2) is 10.1. The first-order valence-electron chi connectivity index (χ1n) is 11.1. The summed E-state index contributed by atoms with van der Waals surface area (Å²) in [5.41, 5.74) is 2.36. The standard InChI is InChI=1S/C24H31FN6/c1-19(2)12-13-31-24(26-27-28-31)23(21-8-10-22(25)11-9-21)30-16-14-29(15-17-30)18-20-6-4-3-5-7-20/h3-11,19,23H,12-18H2,1-2H3/t23-/m0/s1. The van der Waals surface area contributed by atoms with Gasteiger partial charge in [-0.2, -0.15) is 0 Å². The van der Waals surface area contributed by atoms with E-state index in [1.54, 1.807) is 0 Å². The van der Waals surface area contributed by atoms with E-state index in [9.17, 15) is 4.39 Å². The van der Waals surface area contributed by atoms with Gasteiger partial charge in [0.1, 0.15) is 5.82 Å². The topological polar surface area (TPSA) is 50.1 Å². The lowest BCUT2D eigenvalue weighted by Crippen LogP contribution is -2.48. The van der Waals surface area contributed by atoms with E-state index in [0.29, 0.717) is 5.92 Å². The summed E-state index contributed by atoms with van der Waals surface area (Å²) in [6, 6.07) is 17.3. The number of hydrogen-bond donors (Lipinski definition) is 0. The van der Waals surface area contributed by atoms with Crippen LogP contribution in [-0.2, 0) is 13.1 Å². The molecule has 0 N–H and O–H groups in total. The molecule has 31 heavy (non-hydrogen) atoms. The highest BCUT2D eigenvalue weighted by Gasteiger charge is 2.30. The molecule has 1 aromatic heterocycles. The van der Waals surface area contributed by atoms with Crippen molar-refractivity contribution in [3.8, 4) is 0 Å². The minimum absolute atomic E-state index is 0.0818. The molecular weight excluding hydrogens is 391 g/mol. The Balaban J connectivity index is 1.52. The Morgan fingerprint density at radius 1 is 0.935 bits per heavy atom. The molecule has 164 valence electrons. The first-order valence-corrected chi connectivity index (χ1v) is 11.1. The number of hydrogen-bond acceptors (Lipinski definition) is 5.